The Hall–Kier alpha value is -1.45. The van der Waals surface area contributed by atoms with Crippen molar-refractivity contribution in [3.63, 3.8) is 0 Å². The van der Waals surface area contributed by atoms with Gasteiger partial charge in [0.05, 0.1) is 0 Å². The molecule has 1 aromatic heterocycles. The third kappa shape index (κ3) is 3.47. The summed E-state index contributed by atoms with van der Waals surface area (Å²) in [6, 6.07) is 1.98. The Morgan fingerprint density at radius 3 is 2.17 bits per heavy atom. The molecule has 1 aromatic rings. The van der Waals surface area contributed by atoms with E-state index in [2.05, 4.69) is 14.8 Å². The molecule has 2 saturated heterocycles. The first-order valence-electron chi connectivity index (χ1n) is 8.41. The van der Waals surface area contributed by atoms with Crippen LogP contribution in [0.1, 0.15) is 18.5 Å². The predicted octanol–water partition coefficient (Wildman–Crippen LogP) is 0.314. The van der Waals surface area contributed by atoms with Gasteiger partial charge in [-0.3, -0.25) is 0 Å². The number of hydrogen-bond acceptors (Lipinski definition) is 6. The van der Waals surface area contributed by atoms with E-state index in [0.717, 1.165) is 30.5 Å². The number of nitrogens with zero attached hydrogens (tertiary/aromatic N) is 6. The minimum absolute atomic E-state index is 0.475. The van der Waals surface area contributed by atoms with Gasteiger partial charge in [-0.15, -0.1) is 0 Å². The minimum atomic E-state index is -3.34. The van der Waals surface area contributed by atoms with E-state index >= 15 is 0 Å². The van der Waals surface area contributed by atoms with Crippen LogP contribution in [0.2, 0.25) is 0 Å². The van der Waals surface area contributed by atoms with Crippen LogP contribution in [0.3, 0.4) is 0 Å². The van der Waals surface area contributed by atoms with E-state index < -0.39 is 10.2 Å². The average Bonchev–Trinajstić information content (AvgIpc) is 3.09. The molecule has 0 atom stereocenters. The molecule has 2 fully saturated rings. The van der Waals surface area contributed by atoms with Gasteiger partial charge in [0, 0.05) is 65.1 Å². The average molecular weight is 354 g/mol. The molecule has 0 radical (unpaired) electrons. The molecule has 0 aromatic carbocycles. The van der Waals surface area contributed by atoms with E-state index in [-0.39, 0.29) is 0 Å². The van der Waals surface area contributed by atoms with Gasteiger partial charge in [-0.1, -0.05) is 0 Å². The molecule has 134 valence electrons. The summed E-state index contributed by atoms with van der Waals surface area (Å²) < 4.78 is 27.2. The summed E-state index contributed by atoms with van der Waals surface area (Å²) in [5.41, 5.74) is 0.949. The van der Waals surface area contributed by atoms with E-state index in [9.17, 15) is 8.42 Å². The Morgan fingerprint density at radius 2 is 1.58 bits per heavy atom. The van der Waals surface area contributed by atoms with Gasteiger partial charge in [-0.05, 0) is 19.8 Å². The lowest BCUT2D eigenvalue weighted by Gasteiger charge is -2.36. The first-order valence-corrected chi connectivity index (χ1v) is 9.81. The van der Waals surface area contributed by atoms with Crippen molar-refractivity contribution < 1.29 is 8.42 Å². The molecule has 0 aliphatic carbocycles. The Labute approximate surface area is 144 Å². The molecule has 0 spiro atoms. The molecule has 0 N–H and O–H groups in total. The monoisotopic (exact) mass is 354 g/mol. The van der Waals surface area contributed by atoms with E-state index in [1.165, 1.54) is 21.5 Å². The van der Waals surface area contributed by atoms with E-state index in [0.29, 0.717) is 26.2 Å². The zero-order valence-corrected chi connectivity index (χ0v) is 15.5. The molecule has 8 nitrogen and oxygen atoms in total. The number of aryl methyl sites for hydroxylation is 1. The van der Waals surface area contributed by atoms with Gasteiger partial charge in [0.15, 0.2) is 0 Å². The summed E-state index contributed by atoms with van der Waals surface area (Å²) in [6.07, 6.45) is 2.38. The summed E-state index contributed by atoms with van der Waals surface area (Å²) in [6.45, 7) is 6.24. The van der Waals surface area contributed by atoms with Crippen LogP contribution in [0.4, 0.5) is 11.8 Å². The smallest absolute Gasteiger partial charge is 0.281 e. The van der Waals surface area contributed by atoms with Crippen LogP contribution in [0.15, 0.2) is 6.07 Å². The largest absolute Gasteiger partial charge is 0.354 e. The molecule has 0 unspecified atom stereocenters. The highest BCUT2D eigenvalue weighted by Crippen LogP contribution is 2.22. The van der Waals surface area contributed by atoms with E-state index in [4.69, 9.17) is 4.98 Å². The lowest BCUT2D eigenvalue weighted by Crippen LogP contribution is -2.52. The van der Waals surface area contributed by atoms with E-state index in [1.54, 1.807) is 14.1 Å². The molecule has 3 rings (SSSR count). The van der Waals surface area contributed by atoms with Gasteiger partial charge in [0.25, 0.3) is 10.2 Å². The van der Waals surface area contributed by atoms with Gasteiger partial charge in [0.1, 0.15) is 5.82 Å². The van der Waals surface area contributed by atoms with Crippen molar-refractivity contribution in [3.8, 4) is 0 Å². The Balaban J connectivity index is 1.72. The molecule has 24 heavy (non-hydrogen) atoms. The fourth-order valence-electron chi connectivity index (χ4n) is 3.14. The number of hydrogen-bond donors (Lipinski definition) is 0. The first kappa shape index (κ1) is 17.4. The zero-order valence-electron chi connectivity index (χ0n) is 14.6. The molecule has 2 aliphatic heterocycles. The van der Waals surface area contributed by atoms with Crippen LogP contribution in [-0.2, 0) is 10.2 Å². The van der Waals surface area contributed by atoms with Gasteiger partial charge in [-0.2, -0.15) is 22.0 Å². The molecule has 0 bridgehead atoms. The van der Waals surface area contributed by atoms with Crippen LogP contribution < -0.4 is 9.80 Å². The van der Waals surface area contributed by atoms with Crippen LogP contribution in [0.25, 0.3) is 0 Å². The number of aromatic nitrogens is 2. The molecular weight excluding hydrogens is 328 g/mol. The molecule has 0 saturated carbocycles. The number of piperazine rings is 1. The van der Waals surface area contributed by atoms with Crippen molar-refractivity contribution in [1.82, 2.24) is 18.6 Å². The highest BCUT2D eigenvalue weighted by atomic mass is 32.2. The second-order valence-corrected chi connectivity index (χ2v) is 8.68. The van der Waals surface area contributed by atoms with Crippen molar-refractivity contribution >= 4 is 22.0 Å². The van der Waals surface area contributed by atoms with Crippen LogP contribution in [-0.4, -0.2) is 80.4 Å². The first-order chi connectivity index (χ1) is 11.4. The molecular formula is C15H26N6O2S. The van der Waals surface area contributed by atoms with Crippen LogP contribution >= 0.6 is 0 Å². The van der Waals surface area contributed by atoms with Crippen LogP contribution in [0, 0.1) is 6.92 Å². The van der Waals surface area contributed by atoms with Gasteiger partial charge in [0.2, 0.25) is 5.95 Å². The summed E-state index contributed by atoms with van der Waals surface area (Å²) >= 11 is 0. The lowest BCUT2D eigenvalue weighted by molar-refractivity contribution is 0.355. The highest BCUT2D eigenvalue weighted by molar-refractivity contribution is 7.86. The van der Waals surface area contributed by atoms with Gasteiger partial charge in [-0.25, -0.2) is 4.98 Å². The SMILES string of the molecule is Cc1cc(N2CCN(S(=O)(=O)N(C)C)CC2)nc(N2CCCC2)n1. The lowest BCUT2D eigenvalue weighted by atomic mass is 10.3. The van der Waals surface area contributed by atoms with Crippen molar-refractivity contribution in [2.24, 2.45) is 0 Å². The molecule has 2 aliphatic rings. The van der Waals surface area contributed by atoms with Crippen molar-refractivity contribution in [2.75, 3.05) is 63.2 Å². The van der Waals surface area contributed by atoms with E-state index in [1.807, 2.05) is 13.0 Å². The minimum Gasteiger partial charge on any atom is -0.354 e. The second kappa shape index (κ2) is 6.81. The topological polar surface area (TPSA) is 72.9 Å². The predicted molar refractivity (Wildman–Crippen MR) is 94.6 cm³/mol. The van der Waals surface area contributed by atoms with Gasteiger partial charge >= 0.3 is 0 Å². The maximum Gasteiger partial charge on any atom is 0.281 e. The molecule has 9 heteroatoms. The third-order valence-corrected chi connectivity index (χ3v) is 6.51. The maximum absolute atomic E-state index is 12.2. The summed E-state index contributed by atoms with van der Waals surface area (Å²) in [7, 11) is -0.201. The molecule has 3 heterocycles. The fourth-order valence-corrected chi connectivity index (χ4v) is 4.22. The quantitative estimate of drug-likeness (QED) is 0.775. The van der Waals surface area contributed by atoms with Crippen LogP contribution in [0.5, 0.6) is 0 Å². The highest BCUT2D eigenvalue weighted by Gasteiger charge is 2.29. The van der Waals surface area contributed by atoms with Crippen molar-refractivity contribution in [3.05, 3.63) is 11.8 Å². The van der Waals surface area contributed by atoms with Crippen molar-refractivity contribution in [1.29, 1.82) is 0 Å². The second-order valence-electron chi connectivity index (χ2n) is 6.54. The Kier molecular flexibility index (Phi) is 4.93. The summed E-state index contributed by atoms with van der Waals surface area (Å²) in [4.78, 5) is 13.7. The number of rotatable bonds is 4. The number of anilines is 2. The summed E-state index contributed by atoms with van der Waals surface area (Å²) in [5, 5.41) is 0. The normalized spacial score (nSPS) is 20.2. The zero-order chi connectivity index (χ0) is 17.3. The third-order valence-electron chi connectivity index (χ3n) is 4.57. The van der Waals surface area contributed by atoms with Gasteiger partial charge < -0.3 is 9.80 Å². The maximum atomic E-state index is 12.2. The van der Waals surface area contributed by atoms with Crippen molar-refractivity contribution in [2.45, 2.75) is 19.8 Å². The Morgan fingerprint density at radius 1 is 0.958 bits per heavy atom. The fraction of sp³-hybridized carbons (Fsp3) is 0.733. The summed E-state index contributed by atoms with van der Waals surface area (Å²) in [5.74, 6) is 1.69. The Bertz CT molecular complexity index is 679. The molecule has 0 amide bonds. The standard InChI is InChI=1S/C15H26N6O2S/c1-13-12-14(17-15(16-13)20-6-4-5-7-20)19-8-10-21(11-9-19)24(22,23)18(2)3/h12H,4-11H2,1-3H3.